The van der Waals surface area contributed by atoms with Crippen LogP contribution in [-0.4, -0.2) is 23.8 Å². The van der Waals surface area contributed by atoms with Crippen LogP contribution in [0.1, 0.15) is 32.9 Å². The topological polar surface area (TPSA) is 54.5 Å². The van der Waals surface area contributed by atoms with Gasteiger partial charge in [0.05, 0.1) is 19.4 Å². The standard InChI is InChI=1S/C21H16ClFN2O2/c1-11-18-13-8-7-12(22)9-15(13)19(14-5-3-4-6-17(14)23)24-10-16(18)20(25-11)21(26)27-2/h3-9,25H,10H2,1-2H3. The fourth-order valence-corrected chi connectivity index (χ4v) is 3.71. The molecule has 0 spiro atoms. The number of aromatic nitrogens is 1. The lowest BCUT2D eigenvalue weighted by Gasteiger charge is -2.12. The predicted octanol–water partition coefficient (Wildman–Crippen LogP) is 4.92. The summed E-state index contributed by atoms with van der Waals surface area (Å²) >= 11 is 6.24. The zero-order chi connectivity index (χ0) is 19.1. The average Bonchev–Trinajstić information content (AvgIpc) is 2.89. The van der Waals surface area contributed by atoms with E-state index in [0.29, 0.717) is 22.0 Å². The Kier molecular flexibility index (Phi) is 4.32. The molecule has 2 aromatic carbocycles. The maximum absolute atomic E-state index is 14.5. The minimum Gasteiger partial charge on any atom is -0.464 e. The Balaban J connectivity index is 2.02. The molecule has 136 valence electrons. The van der Waals surface area contributed by atoms with Gasteiger partial charge in [-0.2, -0.15) is 0 Å². The van der Waals surface area contributed by atoms with E-state index in [1.807, 2.05) is 13.0 Å². The molecule has 0 radical (unpaired) electrons. The number of benzene rings is 2. The van der Waals surface area contributed by atoms with Gasteiger partial charge in [-0.1, -0.05) is 29.8 Å². The molecule has 2 heterocycles. The number of hydrogen-bond acceptors (Lipinski definition) is 3. The first-order valence-electron chi connectivity index (χ1n) is 8.40. The fourth-order valence-electron chi connectivity index (χ4n) is 3.53. The van der Waals surface area contributed by atoms with Crippen molar-refractivity contribution in [3.63, 3.8) is 0 Å². The highest BCUT2D eigenvalue weighted by atomic mass is 35.5. The van der Waals surface area contributed by atoms with E-state index < -0.39 is 5.97 Å². The summed E-state index contributed by atoms with van der Waals surface area (Å²) in [5.41, 5.74) is 5.27. The number of rotatable bonds is 2. The van der Waals surface area contributed by atoms with Crippen LogP contribution in [0.3, 0.4) is 0 Å². The van der Waals surface area contributed by atoms with Gasteiger partial charge in [0, 0.05) is 33.0 Å². The zero-order valence-corrected chi connectivity index (χ0v) is 15.5. The van der Waals surface area contributed by atoms with Crippen molar-refractivity contribution in [1.82, 2.24) is 4.98 Å². The first kappa shape index (κ1) is 17.5. The number of ether oxygens (including phenoxy) is 1. The van der Waals surface area contributed by atoms with Gasteiger partial charge in [-0.15, -0.1) is 0 Å². The fraction of sp³-hybridized carbons (Fsp3) is 0.143. The first-order valence-corrected chi connectivity index (χ1v) is 8.78. The molecule has 3 aromatic rings. The van der Waals surface area contributed by atoms with E-state index >= 15 is 0 Å². The number of methoxy groups -OCH3 is 1. The van der Waals surface area contributed by atoms with Crippen molar-refractivity contribution in [2.75, 3.05) is 7.11 Å². The second-order valence-corrected chi connectivity index (χ2v) is 6.74. The van der Waals surface area contributed by atoms with Gasteiger partial charge >= 0.3 is 5.97 Å². The number of carbonyl (C=O) groups excluding carboxylic acids is 1. The maximum atomic E-state index is 14.5. The quantitative estimate of drug-likeness (QED) is 0.639. The summed E-state index contributed by atoms with van der Waals surface area (Å²) in [6, 6.07) is 11.9. The van der Waals surface area contributed by atoms with Crippen molar-refractivity contribution in [3.05, 3.63) is 81.4 Å². The lowest BCUT2D eigenvalue weighted by Crippen LogP contribution is -2.08. The summed E-state index contributed by atoms with van der Waals surface area (Å²) in [5, 5.41) is 0.530. The number of hydrogen-bond donors (Lipinski definition) is 1. The summed E-state index contributed by atoms with van der Waals surface area (Å²) < 4.78 is 19.4. The minimum atomic E-state index is -0.459. The normalized spacial score (nSPS) is 12.7. The molecule has 4 nitrogen and oxygen atoms in total. The molecular formula is C21H16ClFN2O2. The predicted molar refractivity (Wildman–Crippen MR) is 103 cm³/mol. The van der Waals surface area contributed by atoms with Crippen LogP contribution in [0.25, 0.3) is 11.1 Å². The molecule has 0 saturated heterocycles. The van der Waals surface area contributed by atoms with Gasteiger partial charge in [-0.3, -0.25) is 4.99 Å². The number of halogens is 2. The third-order valence-corrected chi connectivity index (χ3v) is 4.95. The van der Waals surface area contributed by atoms with Crippen LogP contribution in [-0.2, 0) is 11.3 Å². The van der Waals surface area contributed by atoms with Crippen LogP contribution in [0.15, 0.2) is 47.5 Å². The van der Waals surface area contributed by atoms with Crippen molar-refractivity contribution < 1.29 is 13.9 Å². The van der Waals surface area contributed by atoms with Crippen LogP contribution in [0.5, 0.6) is 0 Å². The number of nitrogens with zero attached hydrogens (tertiary/aromatic N) is 1. The molecule has 1 aliphatic rings. The van der Waals surface area contributed by atoms with Crippen molar-refractivity contribution in [2.45, 2.75) is 13.5 Å². The first-order chi connectivity index (χ1) is 13.0. The summed E-state index contributed by atoms with van der Waals surface area (Å²) in [6.07, 6.45) is 0. The second-order valence-electron chi connectivity index (χ2n) is 6.30. The number of aryl methyl sites for hydroxylation is 1. The van der Waals surface area contributed by atoms with Gasteiger partial charge in [0.2, 0.25) is 0 Å². The van der Waals surface area contributed by atoms with Gasteiger partial charge in [0.25, 0.3) is 0 Å². The molecule has 1 aliphatic heterocycles. The van der Waals surface area contributed by atoms with Crippen LogP contribution in [0, 0.1) is 12.7 Å². The van der Waals surface area contributed by atoms with Crippen molar-refractivity contribution in [3.8, 4) is 11.1 Å². The van der Waals surface area contributed by atoms with Crippen molar-refractivity contribution in [2.24, 2.45) is 4.99 Å². The molecule has 0 saturated carbocycles. The SMILES string of the molecule is COC(=O)c1[nH]c(C)c2c1CN=C(c1ccccc1F)c1cc(Cl)ccc1-2. The molecule has 0 bridgehead atoms. The Morgan fingerprint density at radius 3 is 2.70 bits per heavy atom. The number of aromatic amines is 1. The molecule has 1 N–H and O–H groups in total. The molecule has 4 rings (SSSR count). The highest BCUT2D eigenvalue weighted by Crippen LogP contribution is 2.38. The van der Waals surface area contributed by atoms with E-state index in [1.165, 1.54) is 13.2 Å². The molecule has 0 aliphatic carbocycles. The summed E-state index contributed by atoms with van der Waals surface area (Å²) in [4.78, 5) is 20.0. The third kappa shape index (κ3) is 2.84. The largest absolute Gasteiger partial charge is 0.464 e. The number of nitrogens with one attached hydrogen (secondary N) is 1. The lowest BCUT2D eigenvalue weighted by molar-refractivity contribution is 0.0593. The van der Waals surface area contributed by atoms with Crippen LogP contribution in [0.2, 0.25) is 5.02 Å². The monoisotopic (exact) mass is 382 g/mol. The molecule has 0 atom stereocenters. The molecular weight excluding hydrogens is 367 g/mol. The molecule has 0 fully saturated rings. The minimum absolute atomic E-state index is 0.222. The maximum Gasteiger partial charge on any atom is 0.354 e. The smallest absolute Gasteiger partial charge is 0.354 e. The van der Waals surface area contributed by atoms with E-state index in [-0.39, 0.29) is 12.4 Å². The zero-order valence-electron chi connectivity index (χ0n) is 14.8. The van der Waals surface area contributed by atoms with Crippen LogP contribution < -0.4 is 0 Å². The highest BCUT2D eigenvalue weighted by Gasteiger charge is 2.28. The van der Waals surface area contributed by atoms with Crippen molar-refractivity contribution >= 4 is 23.3 Å². The van der Waals surface area contributed by atoms with E-state index in [9.17, 15) is 9.18 Å². The number of H-pyrrole nitrogens is 1. The Labute approximate surface area is 160 Å². The van der Waals surface area contributed by atoms with Gasteiger partial charge < -0.3 is 9.72 Å². The van der Waals surface area contributed by atoms with Gasteiger partial charge in [-0.05, 0) is 36.8 Å². The number of carbonyl (C=O) groups is 1. The third-order valence-electron chi connectivity index (χ3n) is 4.71. The Hall–Kier alpha value is -2.92. The van der Waals surface area contributed by atoms with Crippen LogP contribution in [0.4, 0.5) is 4.39 Å². The highest BCUT2D eigenvalue weighted by molar-refractivity contribution is 6.31. The molecule has 6 heteroatoms. The van der Waals surface area contributed by atoms with E-state index in [4.69, 9.17) is 16.3 Å². The van der Waals surface area contributed by atoms with Gasteiger partial charge in [0.15, 0.2) is 0 Å². The second kappa shape index (κ2) is 6.67. The summed E-state index contributed by atoms with van der Waals surface area (Å²) in [6.45, 7) is 2.11. The van der Waals surface area contributed by atoms with Crippen LogP contribution >= 0.6 is 11.6 Å². The van der Waals surface area contributed by atoms with E-state index in [1.54, 1.807) is 30.3 Å². The van der Waals surface area contributed by atoms with E-state index in [0.717, 1.165) is 27.9 Å². The lowest BCUT2D eigenvalue weighted by atomic mass is 9.92. The Bertz CT molecular complexity index is 1100. The molecule has 0 unspecified atom stereocenters. The van der Waals surface area contributed by atoms with E-state index in [2.05, 4.69) is 9.98 Å². The van der Waals surface area contributed by atoms with Gasteiger partial charge in [-0.25, -0.2) is 9.18 Å². The molecule has 0 amide bonds. The molecule has 27 heavy (non-hydrogen) atoms. The number of fused-ring (bicyclic) bond motifs is 3. The van der Waals surface area contributed by atoms with Gasteiger partial charge in [0.1, 0.15) is 11.5 Å². The van der Waals surface area contributed by atoms with Crippen molar-refractivity contribution in [1.29, 1.82) is 0 Å². The molecule has 1 aromatic heterocycles. The average molecular weight is 383 g/mol. The Morgan fingerprint density at radius 1 is 1.19 bits per heavy atom. The number of esters is 1. The Morgan fingerprint density at radius 2 is 1.96 bits per heavy atom. The summed E-state index contributed by atoms with van der Waals surface area (Å²) in [5.74, 6) is -0.820. The summed E-state index contributed by atoms with van der Waals surface area (Å²) in [7, 11) is 1.34. The number of aliphatic imine (C=N–C) groups is 1.